The van der Waals surface area contributed by atoms with Crippen LogP contribution in [-0.2, 0) is 11.3 Å². The molecule has 0 unspecified atom stereocenters. The highest BCUT2D eigenvalue weighted by atomic mass is 35.5. The van der Waals surface area contributed by atoms with Crippen molar-refractivity contribution in [1.29, 1.82) is 0 Å². The fourth-order valence-corrected chi connectivity index (χ4v) is 3.81. The largest absolute Gasteiger partial charge is 0.368 e. The first kappa shape index (κ1) is 20.2. The number of carbonyl (C=O) groups excluding carboxylic acids is 1. The van der Waals surface area contributed by atoms with Gasteiger partial charge in [-0.15, -0.1) is 0 Å². The van der Waals surface area contributed by atoms with Crippen LogP contribution in [-0.4, -0.2) is 46.8 Å². The van der Waals surface area contributed by atoms with E-state index in [4.69, 9.17) is 11.6 Å². The molecule has 1 aromatic heterocycles. The summed E-state index contributed by atoms with van der Waals surface area (Å²) in [4.78, 5) is 29.0. The van der Waals surface area contributed by atoms with Crippen molar-refractivity contribution in [2.75, 3.05) is 31.1 Å². The molecule has 0 radical (unpaired) electrons. The molecule has 0 spiro atoms. The SMILES string of the molecule is O=C(CCn1nc(-c2cccc(Cl)c2)ccc1=O)N1CCN(c2ccccc2)CC1. The van der Waals surface area contributed by atoms with Crippen molar-refractivity contribution in [3.8, 4) is 11.3 Å². The van der Waals surface area contributed by atoms with Crippen LogP contribution >= 0.6 is 11.6 Å². The number of para-hydroxylation sites is 1. The summed E-state index contributed by atoms with van der Waals surface area (Å²) in [5, 5.41) is 5.03. The highest BCUT2D eigenvalue weighted by Gasteiger charge is 2.21. The van der Waals surface area contributed by atoms with E-state index in [1.807, 2.05) is 35.2 Å². The quantitative estimate of drug-likeness (QED) is 0.633. The molecule has 1 saturated heterocycles. The first-order chi connectivity index (χ1) is 14.6. The van der Waals surface area contributed by atoms with Crippen LogP contribution in [0.3, 0.4) is 0 Å². The van der Waals surface area contributed by atoms with Gasteiger partial charge in [-0.25, -0.2) is 4.68 Å². The molecule has 1 aliphatic heterocycles. The number of piperazine rings is 1. The molecule has 2 aromatic carbocycles. The second-order valence-corrected chi connectivity index (χ2v) is 7.68. The van der Waals surface area contributed by atoms with Crippen molar-refractivity contribution in [3.05, 3.63) is 82.1 Å². The number of nitrogens with zero attached hydrogens (tertiary/aromatic N) is 4. The number of aryl methyl sites for hydroxylation is 1. The summed E-state index contributed by atoms with van der Waals surface area (Å²) in [6.07, 6.45) is 0.247. The Labute approximate surface area is 180 Å². The topological polar surface area (TPSA) is 58.4 Å². The number of amides is 1. The molecule has 0 bridgehead atoms. The Morgan fingerprint density at radius 3 is 2.43 bits per heavy atom. The minimum absolute atomic E-state index is 0.0459. The van der Waals surface area contributed by atoms with E-state index in [-0.39, 0.29) is 24.4 Å². The van der Waals surface area contributed by atoms with Crippen LogP contribution in [0.15, 0.2) is 71.5 Å². The van der Waals surface area contributed by atoms with Crippen molar-refractivity contribution in [1.82, 2.24) is 14.7 Å². The molecule has 0 N–H and O–H groups in total. The molecular weight excluding hydrogens is 400 g/mol. The standard InChI is InChI=1S/C23H23ClN4O2/c24-19-6-4-5-18(17-19)21-9-10-23(30)28(25-21)12-11-22(29)27-15-13-26(14-16-27)20-7-2-1-3-8-20/h1-10,17H,11-16H2. The van der Waals surface area contributed by atoms with Gasteiger partial charge < -0.3 is 9.80 Å². The monoisotopic (exact) mass is 422 g/mol. The number of aromatic nitrogens is 2. The minimum Gasteiger partial charge on any atom is -0.368 e. The summed E-state index contributed by atoms with van der Waals surface area (Å²) in [7, 11) is 0. The Morgan fingerprint density at radius 2 is 1.70 bits per heavy atom. The van der Waals surface area contributed by atoms with Gasteiger partial charge in [0.25, 0.3) is 5.56 Å². The molecule has 154 valence electrons. The summed E-state index contributed by atoms with van der Waals surface area (Å²) >= 11 is 6.05. The average molecular weight is 423 g/mol. The molecule has 0 atom stereocenters. The van der Waals surface area contributed by atoms with Crippen molar-refractivity contribution < 1.29 is 4.79 Å². The molecule has 7 heteroatoms. The van der Waals surface area contributed by atoms with Gasteiger partial charge in [-0.05, 0) is 30.3 Å². The van der Waals surface area contributed by atoms with Crippen LogP contribution < -0.4 is 10.5 Å². The maximum absolute atomic E-state index is 12.7. The molecule has 30 heavy (non-hydrogen) atoms. The smallest absolute Gasteiger partial charge is 0.266 e. The molecule has 0 aliphatic carbocycles. The van der Waals surface area contributed by atoms with Gasteiger partial charge >= 0.3 is 0 Å². The maximum Gasteiger partial charge on any atom is 0.266 e. The van der Waals surface area contributed by atoms with E-state index < -0.39 is 0 Å². The first-order valence-electron chi connectivity index (χ1n) is 10.0. The van der Waals surface area contributed by atoms with Gasteiger partial charge in [0.15, 0.2) is 0 Å². The van der Waals surface area contributed by atoms with Crippen molar-refractivity contribution in [2.24, 2.45) is 0 Å². The number of halogens is 1. The number of anilines is 1. The van der Waals surface area contributed by atoms with Gasteiger partial charge in [-0.1, -0.05) is 41.9 Å². The van der Waals surface area contributed by atoms with E-state index in [0.717, 1.165) is 18.7 Å². The van der Waals surface area contributed by atoms with Crippen molar-refractivity contribution >= 4 is 23.2 Å². The van der Waals surface area contributed by atoms with Gasteiger partial charge in [0.2, 0.25) is 5.91 Å². The van der Waals surface area contributed by atoms with Crippen LogP contribution in [0, 0.1) is 0 Å². The predicted molar refractivity (Wildman–Crippen MR) is 119 cm³/mol. The fourth-order valence-electron chi connectivity index (χ4n) is 3.62. The Balaban J connectivity index is 1.36. The number of hydrogen-bond acceptors (Lipinski definition) is 4. The van der Waals surface area contributed by atoms with Gasteiger partial charge in [0.1, 0.15) is 0 Å². The van der Waals surface area contributed by atoms with Crippen LogP contribution in [0.4, 0.5) is 5.69 Å². The van der Waals surface area contributed by atoms with Crippen LogP contribution in [0.2, 0.25) is 5.02 Å². The summed E-state index contributed by atoms with van der Waals surface area (Å²) in [5.74, 6) is 0.0459. The van der Waals surface area contributed by atoms with Crippen molar-refractivity contribution in [3.63, 3.8) is 0 Å². The fraction of sp³-hybridized carbons (Fsp3) is 0.261. The van der Waals surface area contributed by atoms with Gasteiger partial charge in [-0.2, -0.15) is 5.10 Å². The average Bonchev–Trinajstić information content (AvgIpc) is 2.79. The highest BCUT2D eigenvalue weighted by molar-refractivity contribution is 6.30. The normalized spacial score (nSPS) is 14.0. The van der Waals surface area contributed by atoms with Crippen LogP contribution in [0.1, 0.15) is 6.42 Å². The van der Waals surface area contributed by atoms with E-state index in [1.165, 1.54) is 16.4 Å². The first-order valence-corrected chi connectivity index (χ1v) is 10.4. The summed E-state index contributed by atoms with van der Waals surface area (Å²) in [5.41, 5.74) is 2.45. The van der Waals surface area contributed by atoms with E-state index in [2.05, 4.69) is 22.1 Å². The number of rotatable bonds is 5. The Hall–Kier alpha value is -3.12. The second-order valence-electron chi connectivity index (χ2n) is 7.24. The molecule has 3 aromatic rings. The number of carbonyl (C=O) groups is 1. The summed E-state index contributed by atoms with van der Waals surface area (Å²) in [6.45, 7) is 3.22. The lowest BCUT2D eigenvalue weighted by Crippen LogP contribution is -2.49. The molecule has 2 heterocycles. The number of benzene rings is 2. The Morgan fingerprint density at radius 1 is 0.933 bits per heavy atom. The van der Waals surface area contributed by atoms with E-state index >= 15 is 0 Å². The van der Waals surface area contributed by atoms with Gasteiger partial charge in [-0.3, -0.25) is 9.59 Å². The van der Waals surface area contributed by atoms with Gasteiger partial charge in [0, 0.05) is 54.9 Å². The Bertz CT molecular complexity index is 1080. The molecular formula is C23H23ClN4O2. The third-order valence-electron chi connectivity index (χ3n) is 5.28. The zero-order chi connectivity index (χ0) is 20.9. The minimum atomic E-state index is -0.220. The molecule has 1 aliphatic rings. The zero-order valence-corrected chi connectivity index (χ0v) is 17.3. The zero-order valence-electron chi connectivity index (χ0n) is 16.6. The van der Waals surface area contributed by atoms with E-state index in [1.54, 1.807) is 18.2 Å². The predicted octanol–water partition coefficient (Wildman–Crippen LogP) is 3.30. The van der Waals surface area contributed by atoms with Crippen LogP contribution in [0.5, 0.6) is 0 Å². The lowest BCUT2D eigenvalue weighted by atomic mass is 10.1. The Kier molecular flexibility index (Phi) is 6.14. The van der Waals surface area contributed by atoms with E-state index in [0.29, 0.717) is 23.8 Å². The maximum atomic E-state index is 12.7. The molecule has 4 rings (SSSR count). The third-order valence-corrected chi connectivity index (χ3v) is 5.51. The third kappa shape index (κ3) is 4.71. The lowest BCUT2D eigenvalue weighted by Gasteiger charge is -2.36. The van der Waals surface area contributed by atoms with Gasteiger partial charge in [0.05, 0.1) is 12.2 Å². The number of hydrogen-bond donors (Lipinski definition) is 0. The summed E-state index contributed by atoms with van der Waals surface area (Å²) in [6, 6.07) is 20.7. The van der Waals surface area contributed by atoms with Crippen LogP contribution in [0.25, 0.3) is 11.3 Å². The molecule has 6 nitrogen and oxygen atoms in total. The van der Waals surface area contributed by atoms with Crippen molar-refractivity contribution in [2.45, 2.75) is 13.0 Å². The molecule has 0 saturated carbocycles. The summed E-state index contributed by atoms with van der Waals surface area (Å²) < 4.78 is 1.36. The second kappa shape index (κ2) is 9.13. The highest BCUT2D eigenvalue weighted by Crippen LogP contribution is 2.20. The molecule has 1 fully saturated rings. The van der Waals surface area contributed by atoms with E-state index in [9.17, 15) is 9.59 Å². The molecule has 1 amide bonds. The lowest BCUT2D eigenvalue weighted by molar-refractivity contribution is -0.131.